The van der Waals surface area contributed by atoms with Crippen molar-refractivity contribution in [3.8, 4) is 0 Å². The minimum absolute atomic E-state index is 0.0616. The van der Waals surface area contributed by atoms with Crippen molar-refractivity contribution in [2.24, 2.45) is 5.41 Å². The second-order valence-electron chi connectivity index (χ2n) is 9.46. The highest BCUT2D eigenvalue weighted by Gasteiger charge is 2.51. The smallest absolute Gasteiger partial charge is 0.246 e. The average Bonchev–Trinajstić information content (AvgIpc) is 3.58. The monoisotopic (exact) mass is 495 g/mol. The predicted octanol–water partition coefficient (Wildman–Crippen LogP) is 2.28. The van der Waals surface area contributed by atoms with Crippen LogP contribution >= 0.6 is 23.2 Å². The highest BCUT2D eigenvalue weighted by Crippen LogP contribution is 2.53. The highest BCUT2D eigenvalue weighted by atomic mass is 35.5. The maximum atomic E-state index is 12.6. The standard InChI is InChI=1S/C24H31Cl2N3O4/c25-19-3-1-17(13-20(19)26)2-4-22(32)28-9-5-23(33)29(12-11-28)15-18(30)14-27-10-8-24(6-7-24)21(31)16-27/h1-4,13,18,21,30-31H,5-12,14-16H2/t18-,21?/m0/s1. The molecule has 2 aliphatic heterocycles. The number of halogens is 2. The van der Waals surface area contributed by atoms with Gasteiger partial charge in [-0.25, -0.2) is 0 Å². The molecule has 1 saturated carbocycles. The normalized spacial score (nSPS) is 24.4. The van der Waals surface area contributed by atoms with Crippen molar-refractivity contribution in [2.45, 2.75) is 37.9 Å². The van der Waals surface area contributed by atoms with E-state index in [4.69, 9.17) is 23.2 Å². The lowest BCUT2D eigenvalue weighted by Gasteiger charge is -2.37. The summed E-state index contributed by atoms with van der Waals surface area (Å²) < 4.78 is 0. The van der Waals surface area contributed by atoms with E-state index in [0.29, 0.717) is 42.8 Å². The van der Waals surface area contributed by atoms with Crippen LogP contribution in [0.3, 0.4) is 0 Å². The molecule has 1 aliphatic carbocycles. The minimum atomic E-state index is -0.689. The van der Waals surface area contributed by atoms with E-state index in [1.54, 1.807) is 34.1 Å². The molecule has 1 unspecified atom stereocenters. The first-order valence-electron chi connectivity index (χ1n) is 11.5. The largest absolute Gasteiger partial charge is 0.391 e. The van der Waals surface area contributed by atoms with Crippen LogP contribution < -0.4 is 0 Å². The molecular weight excluding hydrogens is 465 g/mol. The first-order valence-corrected chi connectivity index (χ1v) is 12.3. The number of aliphatic hydroxyl groups excluding tert-OH is 2. The van der Waals surface area contributed by atoms with Crippen LogP contribution in [0.4, 0.5) is 0 Å². The molecule has 2 N–H and O–H groups in total. The Kier molecular flexibility index (Phi) is 7.66. The lowest BCUT2D eigenvalue weighted by Crippen LogP contribution is -2.49. The first-order chi connectivity index (χ1) is 15.8. The Morgan fingerprint density at radius 1 is 1.12 bits per heavy atom. The van der Waals surface area contributed by atoms with E-state index in [1.165, 1.54) is 6.08 Å². The van der Waals surface area contributed by atoms with E-state index in [9.17, 15) is 19.8 Å². The van der Waals surface area contributed by atoms with Crippen LogP contribution in [0.1, 0.15) is 31.2 Å². The Bertz CT molecular complexity index is 921. The molecule has 2 heterocycles. The molecule has 0 radical (unpaired) electrons. The molecule has 33 heavy (non-hydrogen) atoms. The van der Waals surface area contributed by atoms with Gasteiger partial charge >= 0.3 is 0 Å². The molecular formula is C24H31Cl2N3O4. The molecule has 3 fully saturated rings. The fourth-order valence-corrected chi connectivity index (χ4v) is 5.07. The molecule has 2 atom stereocenters. The topological polar surface area (TPSA) is 84.3 Å². The quantitative estimate of drug-likeness (QED) is 0.591. The Balaban J connectivity index is 1.26. The zero-order valence-corrected chi connectivity index (χ0v) is 20.1. The van der Waals surface area contributed by atoms with Crippen molar-refractivity contribution in [1.82, 2.24) is 14.7 Å². The highest BCUT2D eigenvalue weighted by molar-refractivity contribution is 6.42. The summed E-state index contributed by atoms with van der Waals surface area (Å²) in [6, 6.07) is 5.14. The summed E-state index contributed by atoms with van der Waals surface area (Å²) in [4.78, 5) is 30.6. The third-order valence-corrected chi connectivity index (χ3v) is 7.86. The predicted molar refractivity (Wildman–Crippen MR) is 128 cm³/mol. The summed E-state index contributed by atoms with van der Waals surface area (Å²) in [5, 5.41) is 21.8. The van der Waals surface area contributed by atoms with Crippen molar-refractivity contribution in [2.75, 3.05) is 45.8 Å². The Morgan fingerprint density at radius 3 is 2.61 bits per heavy atom. The van der Waals surface area contributed by atoms with Gasteiger partial charge in [0, 0.05) is 51.8 Å². The first kappa shape index (κ1) is 24.5. The van der Waals surface area contributed by atoms with Crippen molar-refractivity contribution in [3.63, 3.8) is 0 Å². The second kappa shape index (κ2) is 10.3. The van der Waals surface area contributed by atoms with Gasteiger partial charge in [0.1, 0.15) is 0 Å². The molecule has 4 rings (SSSR count). The maximum absolute atomic E-state index is 12.6. The fraction of sp³-hybridized carbons (Fsp3) is 0.583. The number of benzene rings is 1. The number of aliphatic hydroxyl groups is 2. The Hall–Kier alpha value is -1.64. The molecule has 180 valence electrons. The third kappa shape index (κ3) is 6.08. The number of rotatable bonds is 6. The number of hydrogen-bond acceptors (Lipinski definition) is 5. The van der Waals surface area contributed by atoms with E-state index in [0.717, 1.165) is 31.4 Å². The average molecular weight is 496 g/mol. The number of nitrogens with zero attached hydrogens (tertiary/aromatic N) is 3. The van der Waals surface area contributed by atoms with Crippen LogP contribution in [0, 0.1) is 5.41 Å². The zero-order valence-electron chi connectivity index (χ0n) is 18.6. The van der Waals surface area contributed by atoms with Crippen LogP contribution in [-0.4, -0.2) is 94.7 Å². The molecule has 1 spiro atoms. The molecule has 9 heteroatoms. The van der Waals surface area contributed by atoms with Gasteiger partial charge in [-0.1, -0.05) is 29.3 Å². The number of hydrogen-bond donors (Lipinski definition) is 2. The third-order valence-electron chi connectivity index (χ3n) is 7.12. The molecule has 2 saturated heterocycles. The maximum Gasteiger partial charge on any atom is 0.246 e. The lowest BCUT2D eigenvalue weighted by molar-refractivity contribution is -0.132. The van der Waals surface area contributed by atoms with Gasteiger partial charge < -0.3 is 20.0 Å². The van der Waals surface area contributed by atoms with Crippen molar-refractivity contribution >= 4 is 41.1 Å². The molecule has 3 aliphatic rings. The van der Waals surface area contributed by atoms with Crippen LogP contribution in [0.5, 0.6) is 0 Å². The van der Waals surface area contributed by atoms with Gasteiger partial charge in [0.15, 0.2) is 0 Å². The summed E-state index contributed by atoms with van der Waals surface area (Å²) in [5.41, 5.74) is 0.899. The number of likely N-dealkylation sites (tertiary alicyclic amines) is 1. The number of β-amino-alcohol motifs (C(OH)–C–C–N with tert-alkyl or cyclic N) is 2. The summed E-state index contributed by atoms with van der Waals surface area (Å²) in [6.45, 7) is 3.26. The number of carbonyl (C=O) groups is 2. The van der Waals surface area contributed by atoms with Gasteiger partial charge in [0.05, 0.1) is 22.3 Å². The molecule has 2 amide bonds. The SMILES string of the molecule is O=C(C=Cc1ccc(Cl)c(Cl)c1)N1CCC(=O)N(C[C@@H](O)CN2CCC3(CC3)C(O)C2)CC1. The van der Waals surface area contributed by atoms with Crippen molar-refractivity contribution < 1.29 is 19.8 Å². The van der Waals surface area contributed by atoms with E-state index >= 15 is 0 Å². The van der Waals surface area contributed by atoms with E-state index in [1.807, 2.05) is 0 Å². The van der Waals surface area contributed by atoms with Crippen molar-refractivity contribution in [1.29, 1.82) is 0 Å². The Labute approximate surface area is 204 Å². The van der Waals surface area contributed by atoms with E-state index in [-0.39, 0.29) is 36.3 Å². The number of amides is 2. The Morgan fingerprint density at radius 2 is 1.91 bits per heavy atom. The molecule has 1 aromatic rings. The molecule has 1 aromatic carbocycles. The van der Waals surface area contributed by atoms with Gasteiger partial charge in [-0.3, -0.25) is 14.5 Å². The molecule has 0 bridgehead atoms. The summed E-state index contributed by atoms with van der Waals surface area (Å²) in [7, 11) is 0. The zero-order chi connectivity index (χ0) is 23.6. The lowest BCUT2D eigenvalue weighted by atomic mass is 9.90. The van der Waals surface area contributed by atoms with Crippen LogP contribution in [0.15, 0.2) is 24.3 Å². The van der Waals surface area contributed by atoms with Gasteiger partial charge in [-0.05, 0) is 55.0 Å². The van der Waals surface area contributed by atoms with Crippen LogP contribution in [0.2, 0.25) is 10.0 Å². The van der Waals surface area contributed by atoms with Gasteiger partial charge in [0.25, 0.3) is 0 Å². The van der Waals surface area contributed by atoms with Crippen LogP contribution in [0.25, 0.3) is 6.08 Å². The van der Waals surface area contributed by atoms with Crippen molar-refractivity contribution in [3.05, 3.63) is 39.9 Å². The van der Waals surface area contributed by atoms with Gasteiger partial charge in [-0.15, -0.1) is 0 Å². The van der Waals surface area contributed by atoms with E-state index < -0.39 is 6.10 Å². The molecule has 7 nitrogen and oxygen atoms in total. The van der Waals surface area contributed by atoms with E-state index in [2.05, 4.69) is 4.90 Å². The summed E-state index contributed by atoms with van der Waals surface area (Å²) in [6.07, 6.45) is 5.54. The van der Waals surface area contributed by atoms with Crippen LogP contribution in [-0.2, 0) is 9.59 Å². The molecule has 0 aromatic heterocycles. The number of piperidine rings is 1. The second-order valence-corrected chi connectivity index (χ2v) is 10.3. The minimum Gasteiger partial charge on any atom is -0.391 e. The number of carbonyl (C=O) groups excluding carboxylic acids is 2. The fourth-order valence-electron chi connectivity index (χ4n) is 4.77. The summed E-state index contributed by atoms with van der Waals surface area (Å²) >= 11 is 11.9. The summed E-state index contributed by atoms with van der Waals surface area (Å²) in [5.74, 6) is -0.235. The van der Waals surface area contributed by atoms with Gasteiger partial charge in [-0.2, -0.15) is 0 Å². The van der Waals surface area contributed by atoms with Gasteiger partial charge in [0.2, 0.25) is 11.8 Å².